The van der Waals surface area contributed by atoms with Crippen molar-refractivity contribution in [2.75, 3.05) is 6.54 Å². The van der Waals surface area contributed by atoms with Gasteiger partial charge >= 0.3 is 17.9 Å². The van der Waals surface area contributed by atoms with Crippen molar-refractivity contribution < 1.29 is 34.4 Å². The van der Waals surface area contributed by atoms with Crippen molar-refractivity contribution in [3.63, 3.8) is 0 Å². The lowest BCUT2D eigenvalue weighted by atomic mass is 10.1. The van der Waals surface area contributed by atoms with E-state index >= 15 is 0 Å². The fraction of sp³-hybridized carbons (Fsp3) is 0.727. The van der Waals surface area contributed by atoms with Gasteiger partial charge in [0, 0.05) is 6.42 Å². The Bertz CT molecular complexity index is 348. The Morgan fingerprint density at radius 2 is 1.70 bits per heavy atom. The van der Waals surface area contributed by atoms with Gasteiger partial charge in [-0.3, -0.25) is 4.79 Å². The summed E-state index contributed by atoms with van der Waals surface area (Å²) in [6.45, 7) is 0.449. The van der Waals surface area contributed by atoms with Crippen LogP contribution in [0.2, 0.25) is 0 Å². The number of aliphatic hydroxyl groups is 1. The molecule has 0 aromatic heterocycles. The molecular formula is C11H20N2O7. The van der Waals surface area contributed by atoms with Crippen molar-refractivity contribution >= 4 is 17.9 Å². The standard InChI is InChI=1S/C11H20N2O7/c12-4-2-1-3-6(13)11(19)20-8(10(17)18)5-7(14)9(15)16/h6-8,14H,1-5,12-13H2,(H,15,16)(H,17,18)/t6-,7?,8?/m0/s1. The Morgan fingerprint density at radius 3 is 2.15 bits per heavy atom. The lowest BCUT2D eigenvalue weighted by Crippen LogP contribution is -2.40. The highest BCUT2D eigenvalue weighted by molar-refractivity contribution is 5.81. The van der Waals surface area contributed by atoms with E-state index in [-0.39, 0.29) is 6.42 Å². The van der Waals surface area contributed by atoms with E-state index in [2.05, 4.69) is 4.74 Å². The van der Waals surface area contributed by atoms with Crippen molar-refractivity contribution in [2.45, 2.75) is 43.9 Å². The Kier molecular flexibility index (Phi) is 8.45. The maximum Gasteiger partial charge on any atom is 0.345 e. The molecule has 0 aromatic rings. The van der Waals surface area contributed by atoms with Crippen molar-refractivity contribution in [3.05, 3.63) is 0 Å². The number of aliphatic carboxylic acids is 2. The minimum atomic E-state index is -1.93. The average molecular weight is 292 g/mol. The largest absolute Gasteiger partial charge is 0.479 e. The highest BCUT2D eigenvalue weighted by Gasteiger charge is 2.30. The predicted octanol–water partition coefficient (Wildman–Crippen LogP) is -1.73. The monoisotopic (exact) mass is 292 g/mol. The SMILES string of the molecule is NCCCC[C@H](N)C(=O)OC(CC(O)C(=O)O)C(=O)O. The van der Waals surface area contributed by atoms with Gasteiger partial charge in [-0.1, -0.05) is 6.42 Å². The number of esters is 1. The molecule has 0 bridgehead atoms. The van der Waals surface area contributed by atoms with Gasteiger partial charge in [0.15, 0.2) is 6.10 Å². The molecule has 0 radical (unpaired) electrons. The topological polar surface area (TPSA) is 173 Å². The van der Waals surface area contributed by atoms with Gasteiger partial charge in [0.25, 0.3) is 0 Å². The van der Waals surface area contributed by atoms with Gasteiger partial charge in [-0.2, -0.15) is 0 Å². The molecule has 0 rings (SSSR count). The molecule has 0 aliphatic carbocycles. The molecule has 0 spiro atoms. The van der Waals surface area contributed by atoms with E-state index < -0.39 is 42.6 Å². The quantitative estimate of drug-likeness (QED) is 0.231. The number of carboxylic acids is 2. The van der Waals surface area contributed by atoms with E-state index in [4.69, 9.17) is 26.8 Å². The van der Waals surface area contributed by atoms with Crippen LogP contribution in [0.4, 0.5) is 0 Å². The van der Waals surface area contributed by atoms with Crippen LogP contribution in [-0.2, 0) is 19.1 Å². The van der Waals surface area contributed by atoms with E-state index in [1.807, 2.05) is 0 Å². The summed E-state index contributed by atoms with van der Waals surface area (Å²) in [6, 6.07) is -1.01. The van der Waals surface area contributed by atoms with Crippen LogP contribution < -0.4 is 11.5 Å². The molecule has 116 valence electrons. The second-order valence-electron chi connectivity index (χ2n) is 4.24. The molecule has 0 aromatic carbocycles. The van der Waals surface area contributed by atoms with Gasteiger partial charge in [-0.05, 0) is 19.4 Å². The van der Waals surface area contributed by atoms with Crippen molar-refractivity contribution in [1.82, 2.24) is 0 Å². The molecule has 0 aliphatic heterocycles. The Balaban J connectivity index is 4.40. The Morgan fingerprint density at radius 1 is 1.10 bits per heavy atom. The first-order valence-corrected chi connectivity index (χ1v) is 6.09. The van der Waals surface area contributed by atoms with Crippen molar-refractivity contribution in [2.24, 2.45) is 11.5 Å². The number of carbonyl (C=O) groups excluding carboxylic acids is 1. The fourth-order valence-electron chi connectivity index (χ4n) is 1.36. The van der Waals surface area contributed by atoms with Crippen LogP contribution in [0.3, 0.4) is 0 Å². The number of carboxylic acid groups (broad SMARTS) is 2. The predicted molar refractivity (Wildman–Crippen MR) is 66.7 cm³/mol. The smallest absolute Gasteiger partial charge is 0.345 e. The lowest BCUT2D eigenvalue weighted by molar-refractivity contribution is -0.169. The number of rotatable bonds is 10. The first kappa shape index (κ1) is 18.3. The van der Waals surface area contributed by atoms with Crippen LogP contribution >= 0.6 is 0 Å². The van der Waals surface area contributed by atoms with Gasteiger partial charge in [0.05, 0.1) is 0 Å². The molecule has 9 nitrogen and oxygen atoms in total. The summed E-state index contributed by atoms with van der Waals surface area (Å²) in [4.78, 5) is 32.8. The molecule has 2 unspecified atom stereocenters. The zero-order valence-corrected chi connectivity index (χ0v) is 10.9. The minimum absolute atomic E-state index is 0.282. The second-order valence-corrected chi connectivity index (χ2v) is 4.24. The lowest BCUT2D eigenvalue weighted by Gasteiger charge is -2.18. The number of hydrogen-bond acceptors (Lipinski definition) is 7. The summed E-state index contributed by atoms with van der Waals surface area (Å²) >= 11 is 0. The number of ether oxygens (including phenoxy) is 1. The van der Waals surface area contributed by atoms with Crippen LogP contribution in [-0.4, -0.2) is 58.0 Å². The molecule has 0 saturated carbocycles. The van der Waals surface area contributed by atoms with Crippen LogP contribution in [0, 0.1) is 0 Å². The summed E-state index contributed by atoms with van der Waals surface area (Å²) in [6.07, 6.45) is -2.90. The van der Waals surface area contributed by atoms with Crippen LogP contribution in [0.25, 0.3) is 0 Å². The Hall–Kier alpha value is -1.71. The number of unbranched alkanes of at least 4 members (excludes halogenated alkanes) is 1. The molecular weight excluding hydrogens is 272 g/mol. The molecule has 9 heteroatoms. The summed E-state index contributed by atoms with van der Waals surface area (Å²) < 4.78 is 4.61. The first-order valence-electron chi connectivity index (χ1n) is 6.09. The van der Waals surface area contributed by atoms with Gasteiger partial charge in [-0.25, -0.2) is 9.59 Å². The zero-order valence-electron chi connectivity index (χ0n) is 10.9. The molecule has 0 saturated heterocycles. The highest BCUT2D eigenvalue weighted by atomic mass is 16.6. The van der Waals surface area contributed by atoms with E-state index in [9.17, 15) is 14.4 Å². The number of hydrogen-bond donors (Lipinski definition) is 5. The third-order valence-corrected chi connectivity index (χ3v) is 2.53. The highest BCUT2D eigenvalue weighted by Crippen LogP contribution is 2.08. The summed E-state index contributed by atoms with van der Waals surface area (Å²) in [5.41, 5.74) is 10.8. The number of aliphatic hydroxyl groups excluding tert-OH is 1. The molecule has 7 N–H and O–H groups in total. The summed E-state index contributed by atoms with van der Waals surface area (Å²) in [7, 11) is 0. The third kappa shape index (κ3) is 7.02. The van der Waals surface area contributed by atoms with Crippen molar-refractivity contribution in [3.8, 4) is 0 Å². The average Bonchev–Trinajstić information content (AvgIpc) is 2.37. The Labute approximate surface area is 115 Å². The van der Waals surface area contributed by atoms with E-state index in [1.165, 1.54) is 0 Å². The second kappa shape index (κ2) is 9.23. The summed E-state index contributed by atoms with van der Waals surface area (Å²) in [5.74, 6) is -4.10. The number of nitrogens with two attached hydrogens (primary N) is 2. The maximum absolute atomic E-state index is 11.5. The normalized spacial score (nSPS) is 15.2. The van der Waals surface area contributed by atoms with Gasteiger partial charge in [-0.15, -0.1) is 0 Å². The van der Waals surface area contributed by atoms with Crippen LogP contribution in [0.5, 0.6) is 0 Å². The maximum atomic E-state index is 11.5. The van der Waals surface area contributed by atoms with Gasteiger partial charge in [0.2, 0.25) is 6.10 Å². The van der Waals surface area contributed by atoms with E-state index in [0.717, 1.165) is 0 Å². The molecule has 0 aliphatic rings. The van der Waals surface area contributed by atoms with Crippen LogP contribution in [0.15, 0.2) is 0 Å². The third-order valence-electron chi connectivity index (χ3n) is 2.53. The minimum Gasteiger partial charge on any atom is -0.479 e. The molecule has 20 heavy (non-hydrogen) atoms. The van der Waals surface area contributed by atoms with E-state index in [0.29, 0.717) is 19.4 Å². The van der Waals surface area contributed by atoms with Gasteiger partial charge < -0.3 is 31.5 Å². The molecule has 3 atom stereocenters. The fourth-order valence-corrected chi connectivity index (χ4v) is 1.36. The zero-order chi connectivity index (χ0) is 15.7. The molecule has 0 heterocycles. The number of carbonyl (C=O) groups is 3. The molecule has 0 fully saturated rings. The summed E-state index contributed by atoms with van der Waals surface area (Å²) in [5, 5.41) is 26.4. The molecule has 0 amide bonds. The first-order chi connectivity index (χ1) is 9.29. The van der Waals surface area contributed by atoms with Crippen LogP contribution in [0.1, 0.15) is 25.7 Å². The van der Waals surface area contributed by atoms with E-state index in [1.54, 1.807) is 0 Å². The van der Waals surface area contributed by atoms with Gasteiger partial charge in [0.1, 0.15) is 6.04 Å². The van der Waals surface area contributed by atoms with Crippen molar-refractivity contribution in [1.29, 1.82) is 0 Å².